The van der Waals surface area contributed by atoms with E-state index >= 15 is 0 Å². The average molecular weight is 312 g/mol. The molecule has 0 radical (unpaired) electrons. The Kier molecular flexibility index (Phi) is 4.57. The quantitative estimate of drug-likeness (QED) is 0.900. The van der Waals surface area contributed by atoms with Gasteiger partial charge >= 0.3 is 6.18 Å². The Balaban J connectivity index is 3.15. The van der Waals surface area contributed by atoms with E-state index in [1.165, 1.54) is 6.07 Å². The summed E-state index contributed by atoms with van der Waals surface area (Å²) in [6.45, 7) is 1.71. The molecule has 0 aliphatic heterocycles. The van der Waals surface area contributed by atoms with Crippen LogP contribution in [-0.2, 0) is 6.18 Å². The maximum atomic E-state index is 12.5. The molecule has 0 spiro atoms. The van der Waals surface area contributed by atoms with Gasteiger partial charge in [0.15, 0.2) is 0 Å². The highest BCUT2D eigenvalue weighted by molar-refractivity contribution is 9.10. The molecule has 0 fully saturated rings. The molecular weight excluding hydrogens is 299 g/mol. The lowest BCUT2D eigenvalue weighted by atomic mass is 9.98. The van der Waals surface area contributed by atoms with Crippen molar-refractivity contribution in [2.24, 2.45) is 5.73 Å². The minimum absolute atomic E-state index is 0.258. The van der Waals surface area contributed by atoms with Gasteiger partial charge in [-0.25, -0.2) is 0 Å². The summed E-state index contributed by atoms with van der Waals surface area (Å²) in [4.78, 5) is 0. The molecule has 2 atom stereocenters. The van der Waals surface area contributed by atoms with Crippen LogP contribution in [0.5, 0.6) is 0 Å². The molecular formula is C11H13BrF3NO. The average Bonchev–Trinajstić information content (AvgIpc) is 2.26. The molecule has 0 saturated heterocycles. The van der Waals surface area contributed by atoms with E-state index in [9.17, 15) is 18.3 Å². The van der Waals surface area contributed by atoms with Gasteiger partial charge in [0.1, 0.15) is 0 Å². The summed E-state index contributed by atoms with van der Waals surface area (Å²) >= 11 is 3.14. The van der Waals surface area contributed by atoms with Gasteiger partial charge in [-0.3, -0.25) is 0 Å². The SMILES string of the molecule is CC[C@@H](O)[C@@H](N)c1cc(C(F)(F)F)ccc1Br. The zero-order chi connectivity index (χ0) is 13.2. The van der Waals surface area contributed by atoms with Crippen molar-refractivity contribution in [3.63, 3.8) is 0 Å². The van der Waals surface area contributed by atoms with Crippen LogP contribution in [0.1, 0.15) is 30.5 Å². The van der Waals surface area contributed by atoms with Crippen LogP contribution in [0.15, 0.2) is 22.7 Å². The molecule has 1 aromatic carbocycles. The van der Waals surface area contributed by atoms with Gasteiger partial charge in [-0.1, -0.05) is 22.9 Å². The van der Waals surface area contributed by atoms with Gasteiger partial charge < -0.3 is 10.8 Å². The molecule has 0 saturated carbocycles. The second kappa shape index (κ2) is 5.37. The summed E-state index contributed by atoms with van der Waals surface area (Å²) in [7, 11) is 0. The van der Waals surface area contributed by atoms with Crippen LogP contribution in [0.4, 0.5) is 13.2 Å². The van der Waals surface area contributed by atoms with Crippen LogP contribution in [0.25, 0.3) is 0 Å². The third kappa shape index (κ3) is 3.43. The van der Waals surface area contributed by atoms with Crippen LogP contribution in [0.2, 0.25) is 0 Å². The summed E-state index contributed by atoms with van der Waals surface area (Å²) in [5.74, 6) is 0. The van der Waals surface area contributed by atoms with Gasteiger partial charge in [0.25, 0.3) is 0 Å². The second-order valence-corrected chi connectivity index (χ2v) is 4.59. The van der Waals surface area contributed by atoms with Gasteiger partial charge in [-0.05, 0) is 30.2 Å². The third-order valence-corrected chi connectivity index (χ3v) is 3.24. The largest absolute Gasteiger partial charge is 0.416 e. The van der Waals surface area contributed by atoms with Crippen molar-refractivity contribution in [1.29, 1.82) is 0 Å². The van der Waals surface area contributed by atoms with Crippen LogP contribution in [0, 0.1) is 0 Å². The maximum absolute atomic E-state index is 12.5. The topological polar surface area (TPSA) is 46.2 Å². The molecule has 0 heterocycles. The van der Waals surface area contributed by atoms with Crippen molar-refractivity contribution >= 4 is 15.9 Å². The highest BCUT2D eigenvalue weighted by Gasteiger charge is 2.31. The third-order valence-electron chi connectivity index (χ3n) is 2.52. The summed E-state index contributed by atoms with van der Waals surface area (Å²) in [6.07, 6.45) is -4.90. The predicted octanol–water partition coefficient (Wildman–Crippen LogP) is 3.24. The zero-order valence-corrected chi connectivity index (χ0v) is 10.7. The lowest BCUT2D eigenvalue weighted by Crippen LogP contribution is -2.26. The lowest BCUT2D eigenvalue weighted by molar-refractivity contribution is -0.137. The number of benzene rings is 1. The van der Waals surface area contributed by atoms with E-state index in [1.54, 1.807) is 6.92 Å². The fourth-order valence-electron chi connectivity index (χ4n) is 1.44. The van der Waals surface area contributed by atoms with E-state index in [-0.39, 0.29) is 5.56 Å². The van der Waals surface area contributed by atoms with Crippen molar-refractivity contribution in [1.82, 2.24) is 0 Å². The van der Waals surface area contributed by atoms with Crippen LogP contribution < -0.4 is 5.73 Å². The number of hydrogen-bond donors (Lipinski definition) is 2. The molecule has 1 aromatic rings. The summed E-state index contributed by atoms with van der Waals surface area (Å²) in [5.41, 5.74) is 5.20. The molecule has 0 aliphatic rings. The number of aliphatic hydroxyl groups excluding tert-OH is 1. The van der Waals surface area contributed by atoms with E-state index < -0.39 is 23.9 Å². The number of alkyl halides is 3. The molecule has 0 aliphatic carbocycles. The number of aliphatic hydroxyl groups is 1. The first-order valence-corrected chi connectivity index (χ1v) is 5.87. The summed E-state index contributed by atoms with van der Waals surface area (Å²) in [5, 5.41) is 9.57. The Bertz CT molecular complexity index is 395. The number of hydrogen-bond acceptors (Lipinski definition) is 2. The van der Waals surface area contributed by atoms with Crippen molar-refractivity contribution in [3.05, 3.63) is 33.8 Å². The molecule has 6 heteroatoms. The first-order chi connectivity index (χ1) is 7.77. The minimum Gasteiger partial charge on any atom is -0.391 e. The van der Waals surface area contributed by atoms with Crippen LogP contribution >= 0.6 is 15.9 Å². The Morgan fingerprint density at radius 3 is 2.47 bits per heavy atom. The molecule has 2 nitrogen and oxygen atoms in total. The minimum atomic E-state index is -4.41. The van der Waals surface area contributed by atoms with E-state index in [0.29, 0.717) is 10.9 Å². The van der Waals surface area contributed by atoms with Gasteiger partial charge in [0.05, 0.1) is 17.7 Å². The first kappa shape index (κ1) is 14.5. The van der Waals surface area contributed by atoms with E-state index in [4.69, 9.17) is 5.73 Å². The highest BCUT2D eigenvalue weighted by atomic mass is 79.9. The highest BCUT2D eigenvalue weighted by Crippen LogP contribution is 2.34. The zero-order valence-electron chi connectivity index (χ0n) is 9.13. The van der Waals surface area contributed by atoms with E-state index in [1.807, 2.05) is 0 Å². The summed E-state index contributed by atoms with van der Waals surface area (Å²) in [6, 6.07) is 2.39. The van der Waals surface area contributed by atoms with E-state index in [0.717, 1.165) is 12.1 Å². The number of nitrogens with two attached hydrogens (primary N) is 1. The smallest absolute Gasteiger partial charge is 0.391 e. The molecule has 3 N–H and O–H groups in total. The molecule has 0 amide bonds. The normalized spacial score (nSPS) is 15.7. The molecule has 1 rings (SSSR count). The van der Waals surface area contributed by atoms with Crippen molar-refractivity contribution in [3.8, 4) is 0 Å². The number of rotatable bonds is 3. The monoisotopic (exact) mass is 311 g/mol. The predicted molar refractivity (Wildman–Crippen MR) is 62.4 cm³/mol. The fraction of sp³-hybridized carbons (Fsp3) is 0.455. The standard InChI is InChI=1S/C11H13BrF3NO/c1-2-9(17)10(16)7-5-6(11(13,14)15)3-4-8(7)12/h3-5,9-10,17H,2,16H2,1H3/t9-,10+/m1/s1. The van der Waals surface area contributed by atoms with Crippen LogP contribution in [0.3, 0.4) is 0 Å². The van der Waals surface area contributed by atoms with Crippen molar-refractivity contribution < 1.29 is 18.3 Å². The van der Waals surface area contributed by atoms with Crippen molar-refractivity contribution in [2.45, 2.75) is 31.7 Å². The van der Waals surface area contributed by atoms with Gasteiger partial charge in [-0.15, -0.1) is 0 Å². The molecule has 17 heavy (non-hydrogen) atoms. The Hall–Kier alpha value is -0.590. The molecule has 96 valence electrons. The Morgan fingerprint density at radius 1 is 1.41 bits per heavy atom. The Labute approximate surface area is 106 Å². The Morgan fingerprint density at radius 2 is 2.00 bits per heavy atom. The van der Waals surface area contributed by atoms with Gasteiger partial charge in [0, 0.05) is 4.47 Å². The maximum Gasteiger partial charge on any atom is 0.416 e. The van der Waals surface area contributed by atoms with Crippen molar-refractivity contribution in [2.75, 3.05) is 0 Å². The second-order valence-electron chi connectivity index (χ2n) is 3.74. The van der Waals surface area contributed by atoms with Gasteiger partial charge in [-0.2, -0.15) is 13.2 Å². The lowest BCUT2D eigenvalue weighted by Gasteiger charge is -2.20. The summed E-state index contributed by atoms with van der Waals surface area (Å²) < 4.78 is 38.0. The number of halogens is 4. The molecule has 0 bridgehead atoms. The molecule has 0 aromatic heterocycles. The molecule has 0 unspecified atom stereocenters. The van der Waals surface area contributed by atoms with Gasteiger partial charge in [0.2, 0.25) is 0 Å². The van der Waals surface area contributed by atoms with Crippen LogP contribution in [-0.4, -0.2) is 11.2 Å². The van der Waals surface area contributed by atoms with E-state index in [2.05, 4.69) is 15.9 Å². The fourth-order valence-corrected chi connectivity index (χ4v) is 1.95. The first-order valence-electron chi connectivity index (χ1n) is 5.07.